The number of rotatable bonds is 6. The fourth-order valence-corrected chi connectivity index (χ4v) is 6.89. The van der Waals surface area contributed by atoms with Crippen LogP contribution in [0.15, 0.2) is 188 Å². The molecule has 9 rings (SSSR count). The summed E-state index contributed by atoms with van der Waals surface area (Å²) in [5.74, 6) is 1.76. The normalized spacial score (nSPS) is 11.5. The van der Waals surface area contributed by atoms with Crippen LogP contribution in [0.25, 0.3) is 55.3 Å². The molecule has 8 aromatic rings. The average molecular weight is 614 g/mol. The Morgan fingerprint density at radius 3 is 1.35 bits per heavy atom. The summed E-state index contributed by atoms with van der Waals surface area (Å²) in [5, 5.41) is 2.27. The van der Waals surface area contributed by atoms with Crippen molar-refractivity contribution in [1.29, 1.82) is 0 Å². The summed E-state index contributed by atoms with van der Waals surface area (Å²) >= 11 is 0. The highest BCUT2D eigenvalue weighted by Gasteiger charge is 2.24. The summed E-state index contributed by atoms with van der Waals surface area (Å²) in [7, 11) is 0. The maximum absolute atomic E-state index is 6.58. The van der Waals surface area contributed by atoms with Crippen LogP contribution in [0.1, 0.15) is 0 Å². The fourth-order valence-electron chi connectivity index (χ4n) is 6.89. The minimum absolute atomic E-state index is 0.875. The lowest BCUT2D eigenvalue weighted by molar-refractivity contribution is 0.487. The van der Waals surface area contributed by atoms with E-state index in [2.05, 4.69) is 187 Å². The Bertz CT molecular complexity index is 2300. The molecule has 48 heavy (non-hydrogen) atoms. The molecule has 1 heterocycles. The molecule has 0 unspecified atom stereocenters. The van der Waals surface area contributed by atoms with Gasteiger partial charge in [-0.15, -0.1) is 0 Å². The predicted octanol–water partition coefficient (Wildman–Crippen LogP) is 13.1. The van der Waals surface area contributed by atoms with Crippen LogP contribution >= 0.6 is 0 Å². The van der Waals surface area contributed by atoms with Crippen molar-refractivity contribution in [2.45, 2.75) is 0 Å². The highest BCUT2D eigenvalue weighted by atomic mass is 16.5. The standard InChI is InChI=1S/C46H31NO/c1-4-12-32(13-5-1)35-20-24-39(25-21-35)47(40-26-22-36(23-27-40)33-14-6-2-7-15-33)41-29-38-28-37(34-16-8-3-9-17-34)30-45-46(38)43(31-41)42-18-10-11-19-44(42)48-45/h1-31H. The largest absolute Gasteiger partial charge is 0.456 e. The molecule has 0 atom stereocenters. The fraction of sp³-hybridized carbons (Fsp3) is 0. The first-order valence-corrected chi connectivity index (χ1v) is 16.3. The Morgan fingerprint density at radius 1 is 0.312 bits per heavy atom. The Balaban J connectivity index is 1.25. The number of anilines is 3. The molecule has 0 spiro atoms. The van der Waals surface area contributed by atoms with E-state index in [9.17, 15) is 0 Å². The van der Waals surface area contributed by atoms with Gasteiger partial charge in [-0.25, -0.2) is 0 Å². The molecule has 0 fully saturated rings. The number of fused-ring (bicyclic) bond motifs is 2. The lowest BCUT2D eigenvalue weighted by atomic mass is 9.91. The van der Waals surface area contributed by atoms with Crippen molar-refractivity contribution in [3.63, 3.8) is 0 Å². The lowest BCUT2D eigenvalue weighted by Gasteiger charge is -2.29. The minimum Gasteiger partial charge on any atom is -0.456 e. The second kappa shape index (κ2) is 11.8. The molecule has 1 aliphatic rings. The zero-order valence-corrected chi connectivity index (χ0v) is 26.3. The van der Waals surface area contributed by atoms with Gasteiger partial charge in [0.2, 0.25) is 0 Å². The zero-order chi connectivity index (χ0) is 31.9. The maximum atomic E-state index is 6.58. The average Bonchev–Trinajstić information content (AvgIpc) is 3.16. The van der Waals surface area contributed by atoms with Crippen molar-refractivity contribution < 1.29 is 4.74 Å². The van der Waals surface area contributed by atoms with Crippen LogP contribution < -0.4 is 9.64 Å². The van der Waals surface area contributed by atoms with Gasteiger partial charge in [0.25, 0.3) is 0 Å². The van der Waals surface area contributed by atoms with Gasteiger partial charge in [-0.05, 0) is 98.9 Å². The van der Waals surface area contributed by atoms with Crippen LogP contribution in [0, 0.1) is 0 Å². The molecule has 0 aromatic heterocycles. The Hall–Kier alpha value is -6.38. The van der Waals surface area contributed by atoms with Gasteiger partial charge in [-0.2, -0.15) is 0 Å². The van der Waals surface area contributed by atoms with E-state index in [0.29, 0.717) is 0 Å². The molecule has 0 aliphatic carbocycles. The predicted molar refractivity (Wildman–Crippen MR) is 200 cm³/mol. The summed E-state index contributed by atoms with van der Waals surface area (Å²) < 4.78 is 6.58. The quantitative estimate of drug-likeness (QED) is 0.185. The van der Waals surface area contributed by atoms with Crippen LogP contribution in [0.4, 0.5) is 17.1 Å². The molecule has 0 bridgehead atoms. The van der Waals surface area contributed by atoms with E-state index in [1.807, 2.05) is 6.07 Å². The van der Waals surface area contributed by atoms with Gasteiger partial charge in [0.1, 0.15) is 11.5 Å². The van der Waals surface area contributed by atoms with Crippen molar-refractivity contribution in [3.8, 4) is 56.0 Å². The van der Waals surface area contributed by atoms with E-state index >= 15 is 0 Å². The third-order valence-electron chi connectivity index (χ3n) is 9.23. The third kappa shape index (κ3) is 5.01. The summed E-state index contributed by atoms with van der Waals surface area (Å²) in [6.45, 7) is 0. The van der Waals surface area contributed by atoms with Gasteiger partial charge < -0.3 is 9.64 Å². The molecule has 0 radical (unpaired) electrons. The van der Waals surface area contributed by atoms with Gasteiger partial charge in [0.05, 0.1) is 0 Å². The van der Waals surface area contributed by atoms with E-state index in [1.54, 1.807) is 0 Å². The van der Waals surface area contributed by atoms with Gasteiger partial charge in [-0.1, -0.05) is 133 Å². The summed E-state index contributed by atoms with van der Waals surface area (Å²) in [6.07, 6.45) is 0. The lowest BCUT2D eigenvalue weighted by Crippen LogP contribution is -2.11. The zero-order valence-electron chi connectivity index (χ0n) is 26.3. The van der Waals surface area contributed by atoms with Crippen molar-refractivity contribution >= 4 is 27.8 Å². The Kier molecular flexibility index (Phi) is 6.84. The molecule has 0 saturated heterocycles. The monoisotopic (exact) mass is 613 g/mol. The number of nitrogens with zero attached hydrogens (tertiary/aromatic N) is 1. The number of benzene rings is 8. The molecule has 226 valence electrons. The molecule has 1 aliphatic heterocycles. The summed E-state index contributed by atoms with van der Waals surface area (Å²) in [5.41, 5.74) is 12.6. The van der Waals surface area contributed by atoms with E-state index in [0.717, 1.165) is 56.0 Å². The topological polar surface area (TPSA) is 12.5 Å². The SMILES string of the molecule is c1ccc(-c2ccc(N(c3ccc(-c4ccccc4)cc3)c3cc4c5c(cc(-c6ccccc6)cc5c3)Oc3ccccc3-4)cc2)cc1. The van der Waals surface area contributed by atoms with Crippen LogP contribution in [-0.4, -0.2) is 0 Å². The number of para-hydroxylation sites is 1. The van der Waals surface area contributed by atoms with E-state index < -0.39 is 0 Å². The second-order valence-corrected chi connectivity index (χ2v) is 12.2. The van der Waals surface area contributed by atoms with E-state index in [1.165, 1.54) is 27.8 Å². The van der Waals surface area contributed by atoms with Gasteiger partial charge in [-0.3, -0.25) is 0 Å². The highest BCUT2D eigenvalue weighted by molar-refractivity contribution is 6.08. The van der Waals surface area contributed by atoms with Crippen molar-refractivity contribution in [2.24, 2.45) is 0 Å². The van der Waals surface area contributed by atoms with Gasteiger partial charge >= 0.3 is 0 Å². The minimum atomic E-state index is 0.875. The summed E-state index contributed by atoms with van der Waals surface area (Å²) in [4.78, 5) is 2.37. The van der Waals surface area contributed by atoms with Gasteiger partial charge in [0, 0.05) is 28.0 Å². The van der Waals surface area contributed by atoms with Crippen LogP contribution in [-0.2, 0) is 0 Å². The van der Waals surface area contributed by atoms with E-state index in [4.69, 9.17) is 4.74 Å². The van der Waals surface area contributed by atoms with Crippen molar-refractivity contribution in [2.75, 3.05) is 4.90 Å². The molecule has 2 heteroatoms. The number of hydrogen-bond acceptors (Lipinski definition) is 2. The van der Waals surface area contributed by atoms with E-state index in [-0.39, 0.29) is 0 Å². The molecule has 8 aromatic carbocycles. The first kappa shape index (κ1) is 27.9. The molecular weight excluding hydrogens is 583 g/mol. The van der Waals surface area contributed by atoms with Crippen LogP contribution in [0.5, 0.6) is 11.5 Å². The third-order valence-corrected chi connectivity index (χ3v) is 9.23. The molecule has 0 amide bonds. The first-order chi connectivity index (χ1) is 23.8. The summed E-state index contributed by atoms with van der Waals surface area (Å²) in [6, 6.07) is 66.9. The highest BCUT2D eigenvalue weighted by Crippen LogP contribution is 2.50. The molecular formula is C46H31NO. The molecule has 0 N–H and O–H groups in total. The number of hydrogen-bond donors (Lipinski definition) is 0. The first-order valence-electron chi connectivity index (χ1n) is 16.3. The van der Waals surface area contributed by atoms with Crippen LogP contribution in [0.2, 0.25) is 0 Å². The molecule has 2 nitrogen and oxygen atoms in total. The Labute approximate surface area is 280 Å². The molecule has 0 saturated carbocycles. The number of ether oxygens (including phenoxy) is 1. The van der Waals surface area contributed by atoms with Crippen molar-refractivity contribution in [3.05, 3.63) is 188 Å². The maximum Gasteiger partial charge on any atom is 0.136 e. The van der Waals surface area contributed by atoms with Crippen molar-refractivity contribution in [1.82, 2.24) is 0 Å². The van der Waals surface area contributed by atoms with Gasteiger partial charge in [0.15, 0.2) is 0 Å². The van der Waals surface area contributed by atoms with Crippen LogP contribution in [0.3, 0.4) is 0 Å². The second-order valence-electron chi connectivity index (χ2n) is 12.2. The Morgan fingerprint density at radius 2 is 0.792 bits per heavy atom. The smallest absolute Gasteiger partial charge is 0.136 e.